The van der Waals surface area contributed by atoms with E-state index in [-0.39, 0.29) is 24.4 Å². The number of ether oxygens (including phenoxy) is 3. The molecule has 1 fully saturated rings. The van der Waals surface area contributed by atoms with Crippen LogP contribution in [0.4, 0.5) is 5.82 Å². The lowest BCUT2D eigenvalue weighted by atomic mass is 10.0. The van der Waals surface area contributed by atoms with Crippen LogP contribution in [0.25, 0.3) is 0 Å². The van der Waals surface area contributed by atoms with Crippen molar-refractivity contribution in [2.75, 3.05) is 25.6 Å². The van der Waals surface area contributed by atoms with Crippen molar-refractivity contribution in [2.24, 2.45) is 0 Å². The Morgan fingerprint density at radius 3 is 1.96 bits per heavy atom. The Kier molecular flexibility index (Phi) is 32.4. The van der Waals surface area contributed by atoms with E-state index in [0.29, 0.717) is 32.1 Å². The summed E-state index contributed by atoms with van der Waals surface area (Å²) in [5.41, 5.74) is 4.57. The van der Waals surface area contributed by atoms with Crippen LogP contribution in [0.2, 0.25) is 0 Å². The Balaban J connectivity index is 1.84. The highest BCUT2D eigenvalue weighted by Crippen LogP contribution is 2.60. The smallest absolute Gasteiger partial charge is 0.462 e. The standard InChI is InChI=1S/C48H79N3O16P2/c1-3-5-7-8-9-10-11-12-15-19-22-25-29-33-44(54)65-40(36-62-43(53)32-28-24-21-18-16-13-14-17-20-23-27-31-39(52)30-26-6-4-2)37-63-68(58,59)67-69(60,61)64-38-41-45(55)46(56)47(66-41)51-35-34-42(49)50-48(51)57/h13-14,18,20-21,23,27,31,34-35,40-41,45-47,55-56H,3-12,15-17,19,22,24-26,28-30,32-33,36-38H2,1-2H3,(H,58,59)(H,60,61)(H2,49,50,57)/b14-13-,21-18-,23-20-,31-27+/t40-,41-,45-,46-,47-/m1/s1. The van der Waals surface area contributed by atoms with E-state index in [0.717, 1.165) is 62.1 Å². The molecule has 392 valence electrons. The number of allylic oxidation sites excluding steroid dienone is 8. The summed E-state index contributed by atoms with van der Waals surface area (Å²) in [4.78, 5) is 73.5. The Bertz CT molecular complexity index is 1910. The van der Waals surface area contributed by atoms with Crippen LogP contribution in [0.5, 0.6) is 0 Å². The number of rotatable bonds is 40. The van der Waals surface area contributed by atoms with Gasteiger partial charge in [0.05, 0.1) is 13.2 Å². The molecule has 1 aliphatic heterocycles. The van der Waals surface area contributed by atoms with Crippen LogP contribution in [-0.4, -0.2) is 91.5 Å². The lowest BCUT2D eigenvalue weighted by Gasteiger charge is -2.21. The lowest BCUT2D eigenvalue weighted by molar-refractivity contribution is -0.161. The number of nitrogen functional groups attached to an aromatic ring is 1. The third-order valence-electron chi connectivity index (χ3n) is 10.9. The number of anilines is 1. The van der Waals surface area contributed by atoms with Crippen molar-refractivity contribution in [1.29, 1.82) is 0 Å². The van der Waals surface area contributed by atoms with E-state index in [2.05, 4.69) is 23.1 Å². The molecule has 0 bridgehead atoms. The normalized spacial score (nSPS) is 19.7. The van der Waals surface area contributed by atoms with Gasteiger partial charge in [0.1, 0.15) is 30.7 Å². The molecule has 21 heteroatoms. The topological polar surface area (TPSA) is 283 Å². The number of hydrogen-bond acceptors (Lipinski definition) is 16. The van der Waals surface area contributed by atoms with Gasteiger partial charge in [-0.05, 0) is 50.7 Å². The minimum atomic E-state index is -5.44. The number of nitrogens with two attached hydrogens (primary N) is 1. The van der Waals surface area contributed by atoms with Crippen molar-refractivity contribution >= 4 is 39.2 Å². The van der Waals surface area contributed by atoms with Gasteiger partial charge in [0, 0.05) is 25.5 Å². The van der Waals surface area contributed by atoms with E-state index in [1.54, 1.807) is 12.2 Å². The summed E-state index contributed by atoms with van der Waals surface area (Å²) in [6.07, 6.45) is 29.0. The van der Waals surface area contributed by atoms with Gasteiger partial charge in [0.25, 0.3) is 0 Å². The second kappa shape index (κ2) is 36.3. The quantitative estimate of drug-likeness (QED) is 0.0102. The summed E-state index contributed by atoms with van der Waals surface area (Å²) >= 11 is 0. The SMILES string of the molecule is CCCCCCCCCCCCCCCC(=O)O[C@H](COC(=O)CCC/C=C\C/C=C\C/C=C\C=C\C(=O)CCCCC)COP(=O)(O)OP(=O)(O)OC[C@H]1O[C@@H](n2ccc(N)nc2=O)[C@H](O)[C@@H]1O. The van der Waals surface area contributed by atoms with Crippen LogP contribution in [0.1, 0.15) is 168 Å². The first kappa shape index (κ1) is 61.5. The molecule has 0 aliphatic carbocycles. The van der Waals surface area contributed by atoms with Crippen molar-refractivity contribution in [3.05, 3.63) is 71.4 Å². The lowest BCUT2D eigenvalue weighted by Crippen LogP contribution is -2.36. The summed E-state index contributed by atoms with van der Waals surface area (Å²) in [6, 6.07) is 1.24. The van der Waals surface area contributed by atoms with Crippen molar-refractivity contribution < 1.29 is 71.1 Å². The van der Waals surface area contributed by atoms with E-state index in [1.807, 2.05) is 36.5 Å². The molecule has 69 heavy (non-hydrogen) atoms. The molecule has 0 radical (unpaired) electrons. The first-order chi connectivity index (χ1) is 33.1. The summed E-state index contributed by atoms with van der Waals surface area (Å²) in [6.45, 7) is 1.92. The summed E-state index contributed by atoms with van der Waals surface area (Å²) in [7, 11) is -10.9. The minimum absolute atomic E-state index is 0.0253. The van der Waals surface area contributed by atoms with Gasteiger partial charge < -0.3 is 39.9 Å². The predicted molar refractivity (Wildman–Crippen MR) is 261 cm³/mol. The van der Waals surface area contributed by atoms with E-state index in [4.69, 9.17) is 29.0 Å². The van der Waals surface area contributed by atoms with Crippen LogP contribution in [0, 0.1) is 0 Å². The molecule has 2 unspecified atom stereocenters. The molecule has 0 aromatic carbocycles. The number of ketones is 1. The number of unbranched alkanes of at least 4 members (excludes halogenated alkanes) is 15. The Morgan fingerprint density at radius 2 is 1.30 bits per heavy atom. The van der Waals surface area contributed by atoms with E-state index in [1.165, 1.54) is 57.4 Å². The number of nitrogens with zero attached hydrogens (tertiary/aromatic N) is 2. The van der Waals surface area contributed by atoms with Crippen LogP contribution in [0.3, 0.4) is 0 Å². The van der Waals surface area contributed by atoms with Gasteiger partial charge in [-0.25, -0.2) is 13.9 Å². The predicted octanol–water partition coefficient (Wildman–Crippen LogP) is 8.96. The number of carbonyl (C=O) groups excluding carboxylic acids is 3. The highest BCUT2D eigenvalue weighted by atomic mass is 31.3. The number of carbonyl (C=O) groups is 3. The maximum Gasteiger partial charge on any atom is 0.481 e. The number of hydrogen-bond donors (Lipinski definition) is 5. The monoisotopic (exact) mass is 1020 g/mol. The van der Waals surface area contributed by atoms with Gasteiger partial charge in [-0.2, -0.15) is 9.29 Å². The first-order valence-corrected chi connectivity index (χ1v) is 27.6. The van der Waals surface area contributed by atoms with Gasteiger partial charge in [0.15, 0.2) is 18.1 Å². The van der Waals surface area contributed by atoms with Crippen molar-refractivity contribution in [1.82, 2.24) is 9.55 Å². The van der Waals surface area contributed by atoms with Gasteiger partial charge >= 0.3 is 33.3 Å². The van der Waals surface area contributed by atoms with Crippen molar-refractivity contribution in [2.45, 2.75) is 192 Å². The zero-order valence-electron chi connectivity index (χ0n) is 40.6. The van der Waals surface area contributed by atoms with E-state index < -0.39 is 83.7 Å². The molecule has 1 aliphatic rings. The molecule has 0 saturated carbocycles. The van der Waals surface area contributed by atoms with Crippen molar-refractivity contribution in [3.8, 4) is 0 Å². The number of aliphatic hydroxyl groups excluding tert-OH is 2. The highest BCUT2D eigenvalue weighted by Gasteiger charge is 2.46. The van der Waals surface area contributed by atoms with E-state index >= 15 is 0 Å². The molecule has 0 spiro atoms. The molecule has 1 aromatic rings. The molecule has 19 nitrogen and oxygen atoms in total. The number of phosphoric acid groups is 2. The maximum atomic E-state index is 12.8. The maximum absolute atomic E-state index is 12.8. The average molecular weight is 1020 g/mol. The molecule has 2 rings (SSSR count). The second-order valence-electron chi connectivity index (χ2n) is 17.0. The largest absolute Gasteiger partial charge is 0.481 e. The average Bonchev–Trinajstić information content (AvgIpc) is 3.58. The van der Waals surface area contributed by atoms with Crippen molar-refractivity contribution in [3.63, 3.8) is 0 Å². The summed E-state index contributed by atoms with van der Waals surface area (Å²) < 4.78 is 56.6. The number of aliphatic hydroxyl groups is 2. The molecule has 0 amide bonds. The van der Waals surface area contributed by atoms with Gasteiger partial charge in [-0.15, -0.1) is 0 Å². The molecule has 7 atom stereocenters. The summed E-state index contributed by atoms with van der Waals surface area (Å²) in [5.74, 6) is -1.27. The third kappa shape index (κ3) is 29.4. The van der Waals surface area contributed by atoms with Gasteiger partial charge in [0.2, 0.25) is 0 Å². The van der Waals surface area contributed by atoms with Crippen LogP contribution >= 0.6 is 15.6 Å². The van der Waals surface area contributed by atoms with Gasteiger partial charge in [-0.1, -0.05) is 146 Å². The first-order valence-electron chi connectivity index (χ1n) is 24.6. The van der Waals surface area contributed by atoms with Crippen LogP contribution < -0.4 is 11.4 Å². The number of esters is 2. The Labute approximate surface area is 407 Å². The molecular weight excluding hydrogens is 936 g/mol. The Hall–Kier alpha value is -3.61. The third-order valence-corrected chi connectivity index (χ3v) is 13.5. The summed E-state index contributed by atoms with van der Waals surface area (Å²) in [5, 5.41) is 20.9. The molecule has 2 heterocycles. The molecule has 1 aromatic heterocycles. The number of phosphoric ester groups is 2. The second-order valence-corrected chi connectivity index (χ2v) is 20.0. The highest BCUT2D eigenvalue weighted by molar-refractivity contribution is 7.61. The zero-order valence-corrected chi connectivity index (χ0v) is 42.4. The fourth-order valence-electron chi connectivity index (χ4n) is 7.03. The van der Waals surface area contributed by atoms with Crippen LogP contribution in [-0.2, 0) is 51.1 Å². The molecular formula is C48H79N3O16P2. The van der Waals surface area contributed by atoms with E-state index in [9.17, 15) is 48.3 Å². The Morgan fingerprint density at radius 1 is 0.739 bits per heavy atom. The zero-order chi connectivity index (χ0) is 50.8. The van der Waals surface area contributed by atoms with Gasteiger partial charge in [-0.3, -0.25) is 28.0 Å². The number of aromatic nitrogens is 2. The fourth-order valence-corrected chi connectivity index (χ4v) is 9.14. The van der Waals surface area contributed by atoms with Crippen LogP contribution in [0.15, 0.2) is 65.7 Å². The molecule has 1 saturated heterocycles. The fraction of sp³-hybridized carbons (Fsp3) is 0.688. The molecule has 6 N–H and O–H groups in total. The minimum Gasteiger partial charge on any atom is -0.462 e.